The van der Waals surface area contributed by atoms with Gasteiger partial charge in [0, 0.05) is 31.6 Å². The highest BCUT2D eigenvalue weighted by atomic mass is 19.1. The van der Waals surface area contributed by atoms with Crippen LogP contribution in [-0.4, -0.2) is 23.9 Å². The quantitative estimate of drug-likeness (QED) is 0.844. The number of halogens is 1. The van der Waals surface area contributed by atoms with Gasteiger partial charge in [0.2, 0.25) is 5.91 Å². The molecule has 0 aromatic heterocycles. The number of rotatable bonds is 6. The molecule has 0 aliphatic rings. The van der Waals surface area contributed by atoms with Crippen LogP contribution >= 0.6 is 0 Å². The maximum atomic E-state index is 13.4. The second-order valence-corrected chi connectivity index (χ2v) is 4.71. The Morgan fingerprint density at radius 2 is 2.11 bits per heavy atom. The van der Waals surface area contributed by atoms with E-state index >= 15 is 0 Å². The van der Waals surface area contributed by atoms with Crippen LogP contribution in [0.1, 0.15) is 31.7 Å². The van der Waals surface area contributed by atoms with Gasteiger partial charge in [-0.3, -0.25) is 4.79 Å². The minimum atomic E-state index is -0.271. The summed E-state index contributed by atoms with van der Waals surface area (Å²) < 4.78 is 13.4. The second kappa shape index (κ2) is 7.11. The van der Waals surface area contributed by atoms with E-state index in [4.69, 9.17) is 5.73 Å². The Morgan fingerprint density at radius 3 is 2.72 bits per heavy atom. The zero-order chi connectivity index (χ0) is 13.5. The Labute approximate surface area is 108 Å². The molecule has 1 rings (SSSR count). The van der Waals surface area contributed by atoms with Crippen LogP contribution in [0.5, 0.6) is 0 Å². The number of nitrogens with zero attached hydrogens (tertiary/aromatic N) is 1. The van der Waals surface area contributed by atoms with E-state index in [0.29, 0.717) is 18.5 Å². The molecule has 1 atom stereocenters. The molecule has 1 amide bonds. The van der Waals surface area contributed by atoms with Crippen molar-refractivity contribution in [2.75, 3.05) is 7.05 Å². The third-order valence-corrected chi connectivity index (χ3v) is 2.84. The Hall–Kier alpha value is -1.42. The lowest BCUT2D eigenvalue weighted by Gasteiger charge is -2.18. The van der Waals surface area contributed by atoms with Crippen LogP contribution in [0, 0.1) is 5.82 Å². The van der Waals surface area contributed by atoms with Gasteiger partial charge in [-0.15, -0.1) is 0 Å². The topological polar surface area (TPSA) is 46.3 Å². The summed E-state index contributed by atoms with van der Waals surface area (Å²) in [5, 5.41) is 0. The van der Waals surface area contributed by atoms with Crippen LogP contribution in [0.4, 0.5) is 4.39 Å². The minimum Gasteiger partial charge on any atom is -0.341 e. The molecular weight excluding hydrogens is 231 g/mol. The molecule has 0 radical (unpaired) electrons. The zero-order valence-electron chi connectivity index (χ0n) is 11.0. The largest absolute Gasteiger partial charge is 0.341 e. The molecule has 0 spiro atoms. The minimum absolute atomic E-state index is 0.0268. The highest BCUT2D eigenvalue weighted by molar-refractivity contribution is 5.75. The number of carbonyl (C=O) groups is 1. The molecular formula is C14H21FN2O. The van der Waals surface area contributed by atoms with Gasteiger partial charge in [-0.2, -0.15) is 0 Å². The van der Waals surface area contributed by atoms with Gasteiger partial charge in [0.1, 0.15) is 5.82 Å². The fourth-order valence-corrected chi connectivity index (χ4v) is 1.74. The Bertz CT molecular complexity index is 393. The first kappa shape index (κ1) is 14.6. The van der Waals surface area contributed by atoms with Crippen LogP contribution in [0.2, 0.25) is 0 Å². The van der Waals surface area contributed by atoms with E-state index in [2.05, 4.69) is 0 Å². The van der Waals surface area contributed by atoms with Gasteiger partial charge in [-0.1, -0.05) is 18.2 Å². The first-order valence-electron chi connectivity index (χ1n) is 6.23. The van der Waals surface area contributed by atoms with Crippen molar-refractivity contribution in [3.8, 4) is 0 Å². The normalized spacial score (nSPS) is 12.2. The van der Waals surface area contributed by atoms with Gasteiger partial charge in [-0.05, 0) is 25.8 Å². The van der Waals surface area contributed by atoms with Gasteiger partial charge in [0.15, 0.2) is 0 Å². The van der Waals surface area contributed by atoms with Crippen molar-refractivity contribution in [1.29, 1.82) is 0 Å². The van der Waals surface area contributed by atoms with E-state index < -0.39 is 0 Å². The molecule has 4 heteroatoms. The Kier molecular flexibility index (Phi) is 5.78. The van der Waals surface area contributed by atoms with Crippen LogP contribution in [0.25, 0.3) is 0 Å². The second-order valence-electron chi connectivity index (χ2n) is 4.71. The summed E-state index contributed by atoms with van der Waals surface area (Å²) in [6.07, 6.45) is 2.07. The Morgan fingerprint density at radius 1 is 1.44 bits per heavy atom. The lowest BCUT2D eigenvalue weighted by atomic mass is 10.1. The Balaban J connectivity index is 2.43. The number of carbonyl (C=O) groups excluding carboxylic acids is 1. The smallest absolute Gasteiger partial charge is 0.222 e. The maximum Gasteiger partial charge on any atom is 0.222 e. The van der Waals surface area contributed by atoms with E-state index in [1.165, 1.54) is 6.07 Å². The van der Waals surface area contributed by atoms with Gasteiger partial charge >= 0.3 is 0 Å². The van der Waals surface area contributed by atoms with Crippen molar-refractivity contribution >= 4 is 5.91 Å². The molecule has 0 fully saturated rings. The molecule has 0 aliphatic carbocycles. The molecule has 0 bridgehead atoms. The molecule has 3 nitrogen and oxygen atoms in total. The lowest BCUT2D eigenvalue weighted by molar-refractivity contribution is -0.130. The fourth-order valence-electron chi connectivity index (χ4n) is 1.74. The molecule has 1 unspecified atom stereocenters. The highest BCUT2D eigenvalue weighted by Crippen LogP contribution is 2.10. The van der Waals surface area contributed by atoms with E-state index in [1.54, 1.807) is 30.1 Å². The summed E-state index contributed by atoms with van der Waals surface area (Å²) in [7, 11) is 1.70. The molecule has 0 saturated heterocycles. The molecule has 2 N–H and O–H groups in total. The van der Waals surface area contributed by atoms with Crippen LogP contribution in [-0.2, 0) is 11.3 Å². The summed E-state index contributed by atoms with van der Waals surface area (Å²) in [6, 6.07) is 6.63. The predicted octanol–water partition coefficient (Wildman–Crippen LogP) is 2.30. The summed E-state index contributed by atoms with van der Waals surface area (Å²) in [4.78, 5) is 13.4. The van der Waals surface area contributed by atoms with Crippen LogP contribution in [0.15, 0.2) is 24.3 Å². The molecule has 100 valence electrons. The monoisotopic (exact) mass is 252 g/mol. The molecule has 1 aromatic rings. The van der Waals surface area contributed by atoms with Gasteiger partial charge in [-0.25, -0.2) is 4.39 Å². The summed E-state index contributed by atoms with van der Waals surface area (Å²) in [6.45, 7) is 2.23. The van der Waals surface area contributed by atoms with Gasteiger partial charge < -0.3 is 10.6 Å². The average Bonchev–Trinajstić information content (AvgIpc) is 2.31. The van der Waals surface area contributed by atoms with E-state index in [-0.39, 0.29) is 17.8 Å². The SMILES string of the molecule is CC(N)CCCC(=O)N(C)Cc1ccccc1F. The molecule has 0 aliphatic heterocycles. The number of benzene rings is 1. The van der Waals surface area contributed by atoms with Crippen molar-refractivity contribution in [3.05, 3.63) is 35.6 Å². The maximum absolute atomic E-state index is 13.4. The lowest BCUT2D eigenvalue weighted by Crippen LogP contribution is -2.26. The predicted molar refractivity (Wildman–Crippen MR) is 70.4 cm³/mol. The number of nitrogens with two attached hydrogens (primary N) is 1. The molecule has 18 heavy (non-hydrogen) atoms. The van der Waals surface area contributed by atoms with E-state index in [0.717, 1.165) is 12.8 Å². The van der Waals surface area contributed by atoms with Crippen molar-refractivity contribution < 1.29 is 9.18 Å². The summed E-state index contributed by atoms with van der Waals surface area (Å²) >= 11 is 0. The van der Waals surface area contributed by atoms with E-state index in [9.17, 15) is 9.18 Å². The van der Waals surface area contributed by atoms with Crippen molar-refractivity contribution in [2.45, 2.75) is 38.8 Å². The van der Waals surface area contributed by atoms with Crippen LogP contribution in [0.3, 0.4) is 0 Å². The molecule has 1 aromatic carbocycles. The van der Waals surface area contributed by atoms with Gasteiger partial charge in [0.25, 0.3) is 0 Å². The third kappa shape index (κ3) is 4.84. The summed E-state index contributed by atoms with van der Waals surface area (Å²) in [5.74, 6) is -0.244. The van der Waals surface area contributed by atoms with Crippen LogP contribution < -0.4 is 5.73 Å². The summed E-state index contributed by atoms with van der Waals surface area (Å²) in [5.41, 5.74) is 6.17. The standard InChI is InChI=1S/C14H21FN2O/c1-11(16)6-5-9-14(18)17(2)10-12-7-3-4-8-13(12)15/h3-4,7-8,11H,5-6,9-10,16H2,1-2H3. The number of amides is 1. The average molecular weight is 252 g/mol. The number of hydrogen-bond acceptors (Lipinski definition) is 2. The first-order chi connectivity index (χ1) is 8.50. The first-order valence-corrected chi connectivity index (χ1v) is 6.23. The number of hydrogen-bond donors (Lipinski definition) is 1. The van der Waals surface area contributed by atoms with Gasteiger partial charge in [0.05, 0.1) is 0 Å². The van der Waals surface area contributed by atoms with Crippen molar-refractivity contribution in [3.63, 3.8) is 0 Å². The van der Waals surface area contributed by atoms with Crippen molar-refractivity contribution in [2.24, 2.45) is 5.73 Å². The third-order valence-electron chi connectivity index (χ3n) is 2.84. The fraction of sp³-hybridized carbons (Fsp3) is 0.500. The zero-order valence-corrected chi connectivity index (χ0v) is 11.0. The van der Waals surface area contributed by atoms with E-state index in [1.807, 2.05) is 6.92 Å². The molecule has 0 saturated carbocycles. The highest BCUT2D eigenvalue weighted by Gasteiger charge is 2.11. The molecule has 0 heterocycles. The van der Waals surface area contributed by atoms with Crippen molar-refractivity contribution in [1.82, 2.24) is 4.90 Å².